The Bertz CT molecular complexity index is 812. The zero-order valence-electron chi connectivity index (χ0n) is 19.0. The number of amides is 1. The molecule has 1 aromatic carbocycles. The third-order valence-electron chi connectivity index (χ3n) is 6.32. The minimum absolute atomic E-state index is 0.0791. The molecule has 170 valence electrons. The van der Waals surface area contributed by atoms with E-state index in [1.807, 2.05) is 0 Å². The number of benzene rings is 1. The molecule has 0 aliphatic heterocycles. The summed E-state index contributed by atoms with van der Waals surface area (Å²) in [6, 6.07) is 4.48. The average Bonchev–Trinajstić information content (AvgIpc) is 2.99. The molecule has 0 radical (unpaired) electrons. The molecule has 1 amide bonds. The van der Waals surface area contributed by atoms with Crippen LogP contribution in [0.2, 0.25) is 0 Å². The molecule has 1 fully saturated rings. The largest absolute Gasteiger partial charge is 0.496 e. The minimum Gasteiger partial charge on any atom is -0.496 e. The number of carbonyl (C=O) groups excluding carboxylic acids is 1. The van der Waals surface area contributed by atoms with Gasteiger partial charge in [-0.3, -0.25) is 4.79 Å². The highest BCUT2D eigenvalue weighted by molar-refractivity contribution is 7.89. The quantitative estimate of drug-likeness (QED) is 0.598. The Hall–Kier alpha value is -1.64. The molecule has 8 heteroatoms. The molecule has 0 spiro atoms. The fourth-order valence-electron chi connectivity index (χ4n) is 4.25. The van der Waals surface area contributed by atoms with Gasteiger partial charge in [-0.25, -0.2) is 8.42 Å². The van der Waals surface area contributed by atoms with Crippen LogP contribution in [0.3, 0.4) is 0 Å². The summed E-state index contributed by atoms with van der Waals surface area (Å²) in [6.07, 6.45) is 6.82. The number of nitrogens with zero attached hydrogens (tertiary/aromatic N) is 2. The Morgan fingerprint density at radius 2 is 1.70 bits per heavy atom. The van der Waals surface area contributed by atoms with Gasteiger partial charge in [-0.15, -0.1) is 0 Å². The predicted octanol–water partition coefficient (Wildman–Crippen LogP) is 3.11. The van der Waals surface area contributed by atoms with Gasteiger partial charge in [-0.1, -0.05) is 39.5 Å². The SMILES string of the molecule is CCN(CC)S(=O)(=O)c1ccc(OC)c(C(=O)NCC2(N(C)C)CCCCCC2)c1. The number of sulfonamides is 1. The molecule has 0 aromatic heterocycles. The van der Waals surface area contributed by atoms with E-state index in [2.05, 4.69) is 24.3 Å². The number of hydrogen-bond donors (Lipinski definition) is 1. The molecule has 1 saturated carbocycles. The Kier molecular flexibility index (Phi) is 8.70. The van der Waals surface area contributed by atoms with Gasteiger partial charge in [-0.05, 0) is 45.1 Å². The van der Waals surface area contributed by atoms with Crippen LogP contribution in [-0.4, -0.2) is 69.9 Å². The summed E-state index contributed by atoms with van der Waals surface area (Å²) in [7, 11) is 1.95. The van der Waals surface area contributed by atoms with Gasteiger partial charge in [-0.2, -0.15) is 4.31 Å². The highest BCUT2D eigenvalue weighted by Gasteiger charge is 2.34. The van der Waals surface area contributed by atoms with E-state index < -0.39 is 10.0 Å². The normalized spacial score (nSPS) is 17.0. The second-order valence-electron chi connectivity index (χ2n) is 8.17. The van der Waals surface area contributed by atoms with Crippen LogP contribution < -0.4 is 10.1 Å². The van der Waals surface area contributed by atoms with E-state index in [-0.39, 0.29) is 21.9 Å². The number of hydrogen-bond acceptors (Lipinski definition) is 5. The van der Waals surface area contributed by atoms with Crippen molar-refractivity contribution in [2.45, 2.75) is 62.8 Å². The molecule has 7 nitrogen and oxygen atoms in total. The predicted molar refractivity (Wildman–Crippen MR) is 120 cm³/mol. The lowest BCUT2D eigenvalue weighted by molar-refractivity contribution is 0.0866. The van der Waals surface area contributed by atoms with Crippen LogP contribution in [0.4, 0.5) is 0 Å². The van der Waals surface area contributed by atoms with Gasteiger partial charge in [0.25, 0.3) is 5.91 Å². The average molecular weight is 440 g/mol. The summed E-state index contributed by atoms with van der Waals surface area (Å²) in [5.74, 6) is 0.0553. The number of likely N-dealkylation sites (N-methyl/N-ethyl adjacent to an activating group) is 1. The van der Waals surface area contributed by atoms with E-state index in [4.69, 9.17) is 4.74 Å². The molecular formula is C22H37N3O4S. The van der Waals surface area contributed by atoms with Crippen LogP contribution >= 0.6 is 0 Å². The molecule has 30 heavy (non-hydrogen) atoms. The smallest absolute Gasteiger partial charge is 0.255 e. The lowest BCUT2D eigenvalue weighted by atomic mass is 9.88. The Morgan fingerprint density at radius 1 is 1.10 bits per heavy atom. The van der Waals surface area contributed by atoms with Gasteiger partial charge in [0.15, 0.2) is 0 Å². The summed E-state index contributed by atoms with van der Waals surface area (Å²) in [6.45, 7) is 4.86. The van der Waals surface area contributed by atoms with Crippen LogP contribution in [0.15, 0.2) is 23.1 Å². The van der Waals surface area contributed by atoms with Crippen LogP contribution in [0, 0.1) is 0 Å². The van der Waals surface area contributed by atoms with Crippen LogP contribution in [0.25, 0.3) is 0 Å². The maximum Gasteiger partial charge on any atom is 0.255 e. The fraction of sp³-hybridized carbons (Fsp3) is 0.682. The van der Waals surface area contributed by atoms with Crippen LogP contribution in [-0.2, 0) is 10.0 Å². The number of ether oxygens (including phenoxy) is 1. The summed E-state index contributed by atoms with van der Waals surface area (Å²) in [5, 5.41) is 3.06. The van der Waals surface area contributed by atoms with Crippen molar-refractivity contribution in [3.63, 3.8) is 0 Å². The van der Waals surface area contributed by atoms with Crippen molar-refractivity contribution in [3.8, 4) is 5.75 Å². The second kappa shape index (κ2) is 10.6. The topological polar surface area (TPSA) is 78.9 Å². The fourth-order valence-corrected chi connectivity index (χ4v) is 5.73. The zero-order valence-corrected chi connectivity index (χ0v) is 19.8. The molecule has 0 saturated heterocycles. The first kappa shape index (κ1) is 24.6. The molecule has 0 unspecified atom stereocenters. The number of methoxy groups -OCH3 is 1. The van der Waals surface area contributed by atoms with Gasteiger partial charge >= 0.3 is 0 Å². The third-order valence-corrected chi connectivity index (χ3v) is 8.37. The first-order valence-electron chi connectivity index (χ1n) is 10.9. The van der Waals surface area contributed by atoms with E-state index in [9.17, 15) is 13.2 Å². The summed E-state index contributed by atoms with van der Waals surface area (Å²) >= 11 is 0. The molecule has 1 aromatic rings. The van der Waals surface area contributed by atoms with Gasteiger partial charge in [0.1, 0.15) is 5.75 Å². The van der Waals surface area contributed by atoms with E-state index >= 15 is 0 Å². The molecule has 0 bridgehead atoms. The Morgan fingerprint density at radius 3 is 2.20 bits per heavy atom. The second-order valence-corrected chi connectivity index (χ2v) is 10.1. The minimum atomic E-state index is -3.66. The highest BCUT2D eigenvalue weighted by Crippen LogP contribution is 2.31. The number of rotatable bonds is 9. The molecule has 1 N–H and O–H groups in total. The van der Waals surface area contributed by atoms with Crippen molar-refractivity contribution >= 4 is 15.9 Å². The van der Waals surface area contributed by atoms with Gasteiger partial charge in [0, 0.05) is 25.2 Å². The van der Waals surface area contributed by atoms with E-state index in [1.165, 1.54) is 36.4 Å². The highest BCUT2D eigenvalue weighted by atomic mass is 32.2. The summed E-state index contributed by atoms with van der Waals surface area (Å²) < 4.78 is 32.5. The molecule has 2 rings (SSSR count). The van der Waals surface area contributed by atoms with Gasteiger partial charge in [0.2, 0.25) is 10.0 Å². The monoisotopic (exact) mass is 439 g/mol. The van der Waals surface area contributed by atoms with E-state index in [1.54, 1.807) is 19.9 Å². The summed E-state index contributed by atoms with van der Waals surface area (Å²) in [5.41, 5.74) is 0.165. The van der Waals surface area contributed by atoms with Crippen molar-refractivity contribution < 1.29 is 17.9 Å². The van der Waals surface area contributed by atoms with Gasteiger partial charge < -0.3 is 15.0 Å². The van der Waals surface area contributed by atoms with Gasteiger partial charge in [0.05, 0.1) is 17.6 Å². The molecular weight excluding hydrogens is 402 g/mol. The van der Waals surface area contributed by atoms with Crippen molar-refractivity contribution in [1.29, 1.82) is 0 Å². The molecule has 0 heterocycles. The molecule has 0 atom stereocenters. The lowest BCUT2D eigenvalue weighted by Crippen LogP contribution is -2.52. The maximum absolute atomic E-state index is 13.1. The first-order valence-corrected chi connectivity index (χ1v) is 12.3. The van der Waals surface area contributed by atoms with Crippen molar-refractivity contribution in [2.24, 2.45) is 0 Å². The maximum atomic E-state index is 13.1. The van der Waals surface area contributed by atoms with Crippen molar-refractivity contribution in [2.75, 3.05) is 40.8 Å². The lowest BCUT2D eigenvalue weighted by Gasteiger charge is -2.39. The van der Waals surface area contributed by atoms with Crippen LogP contribution in [0.5, 0.6) is 5.75 Å². The van der Waals surface area contributed by atoms with E-state index in [0.717, 1.165) is 25.7 Å². The first-order chi connectivity index (χ1) is 14.2. The third kappa shape index (κ3) is 5.34. The van der Waals surface area contributed by atoms with E-state index in [0.29, 0.717) is 25.4 Å². The van der Waals surface area contributed by atoms with Crippen molar-refractivity contribution in [3.05, 3.63) is 23.8 Å². The standard InChI is InChI=1S/C22H37N3O4S/c1-6-25(7-2)30(27,28)18-12-13-20(29-5)19(16-18)21(26)23-17-22(24(3)4)14-10-8-9-11-15-22/h12-13,16H,6-11,14-15,17H2,1-5H3,(H,23,26). The Labute approximate surface area is 181 Å². The van der Waals surface area contributed by atoms with Crippen LogP contribution in [0.1, 0.15) is 62.7 Å². The molecule has 1 aliphatic rings. The number of carbonyl (C=O) groups is 1. The van der Waals surface area contributed by atoms with Crippen molar-refractivity contribution in [1.82, 2.24) is 14.5 Å². The zero-order chi connectivity index (χ0) is 22.4. The summed E-state index contributed by atoms with van der Waals surface area (Å²) in [4.78, 5) is 15.4. The molecule has 1 aliphatic carbocycles. The number of nitrogens with one attached hydrogen (secondary N) is 1. The Balaban J connectivity index is 2.29.